The molecule has 0 aromatic heterocycles. The van der Waals surface area contributed by atoms with Gasteiger partial charge in [0.05, 0.1) is 5.56 Å². The van der Waals surface area contributed by atoms with E-state index >= 15 is 0 Å². The number of ether oxygens (including phenoxy) is 1. The van der Waals surface area contributed by atoms with Gasteiger partial charge >= 0.3 is 5.97 Å². The van der Waals surface area contributed by atoms with Crippen LogP contribution in [-0.2, 0) is 11.3 Å². The van der Waals surface area contributed by atoms with Crippen LogP contribution in [0.1, 0.15) is 27.0 Å². The molecule has 0 aliphatic carbocycles. The van der Waals surface area contributed by atoms with Gasteiger partial charge in [-0.1, -0.05) is 29.8 Å². The first kappa shape index (κ1) is 14.4. The van der Waals surface area contributed by atoms with Crippen molar-refractivity contribution < 1.29 is 9.53 Å². The molecular formula is C16H16ClNO2. The molecule has 2 rings (SSSR count). The van der Waals surface area contributed by atoms with Gasteiger partial charge in [-0.25, -0.2) is 4.79 Å². The molecule has 0 atom stereocenters. The van der Waals surface area contributed by atoms with E-state index in [2.05, 4.69) is 0 Å². The average molecular weight is 290 g/mol. The maximum atomic E-state index is 12.0. The third kappa shape index (κ3) is 3.11. The van der Waals surface area contributed by atoms with Gasteiger partial charge in [-0.2, -0.15) is 0 Å². The molecule has 2 aromatic rings. The van der Waals surface area contributed by atoms with Gasteiger partial charge in [0.2, 0.25) is 0 Å². The standard InChI is InChI=1S/C16H16ClNO2/c1-10-6-7-12(14(17)8-10)9-20-16(19)13-4-3-5-15(18)11(13)2/h3-8H,9,18H2,1-2H3. The molecule has 0 heterocycles. The molecule has 4 heteroatoms. The van der Waals surface area contributed by atoms with E-state index in [1.54, 1.807) is 25.1 Å². The van der Waals surface area contributed by atoms with Crippen LogP contribution in [0.4, 0.5) is 5.69 Å². The largest absolute Gasteiger partial charge is 0.457 e. The number of nitrogen functional groups attached to an aromatic ring is 1. The Labute approximate surface area is 123 Å². The predicted molar refractivity (Wildman–Crippen MR) is 80.9 cm³/mol. The van der Waals surface area contributed by atoms with Gasteiger partial charge in [0.25, 0.3) is 0 Å². The zero-order chi connectivity index (χ0) is 14.7. The second-order valence-corrected chi connectivity index (χ2v) is 5.10. The van der Waals surface area contributed by atoms with Crippen molar-refractivity contribution in [3.8, 4) is 0 Å². The first-order valence-electron chi connectivity index (χ1n) is 6.26. The smallest absolute Gasteiger partial charge is 0.338 e. The number of halogens is 1. The third-order valence-electron chi connectivity index (χ3n) is 3.16. The van der Waals surface area contributed by atoms with Crippen molar-refractivity contribution in [1.29, 1.82) is 0 Å². The monoisotopic (exact) mass is 289 g/mol. The van der Waals surface area contributed by atoms with E-state index in [9.17, 15) is 4.79 Å². The highest BCUT2D eigenvalue weighted by Crippen LogP contribution is 2.20. The van der Waals surface area contributed by atoms with E-state index in [4.69, 9.17) is 22.1 Å². The molecule has 2 N–H and O–H groups in total. The predicted octanol–water partition coefficient (Wildman–Crippen LogP) is 3.90. The number of hydrogen-bond acceptors (Lipinski definition) is 3. The number of hydrogen-bond donors (Lipinski definition) is 1. The Bertz CT molecular complexity index is 653. The van der Waals surface area contributed by atoms with E-state index < -0.39 is 5.97 Å². The van der Waals surface area contributed by atoms with Crippen molar-refractivity contribution >= 4 is 23.3 Å². The number of carbonyl (C=O) groups is 1. The minimum absolute atomic E-state index is 0.145. The molecule has 3 nitrogen and oxygen atoms in total. The quantitative estimate of drug-likeness (QED) is 0.689. The summed E-state index contributed by atoms with van der Waals surface area (Å²) in [5.41, 5.74) is 9.41. The van der Waals surface area contributed by atoms with Crippen LogP contribution in [0.2, 0.25) is 5.02 Å². The summed E-state index contributed by atoms with van der Waals surface area (Å²) in [5.74, 6) is -0.397. The van der Waals surface area contributed by atoms with Crippen LogP contribution >= 0.6 is 11.6 Å². The van der Waals surface area contributed by atoms with Gasteiger partial charge in [-0.15, -0.1) is 0 Å². The Balaban J connectivity index is 2.11. The molecule has 0 bridgehead atoms. The van der Waals surface area contributed by atoms with Crippen molar-refractivity contribution in [3.63, 3.8) is 0 Å². The second kappa shape index (κ2) is 5.97. The summed E-state index contributed by atoms with van der Waals surface area (Å²) in [4.78, 5) is 12.0. The molecule has 20 heavy (non-hydrogen) atoms. The van der Waals surface area contributed by atoms with E-state index in [0.29, 0.717) is 16.3 Å². The zero-order valence-electron chi connectivity index (χ0n) is 11.4. The summed E-state index contributed by atoms with van der Waals surface area (Å²) in [7, 11) is 0. The Morgan fingerprint density at radius 2 is 2.00 bits per heavy atom. The lowest BCUT2D eigenvalue weighted by atomic mass is 10.1. The molecular weight excluding hydrogens is 274 g/mol. The lowest BCUT2D eigenvalue weighted by molar-refractivity contribution is 0.0472. The molecule has 0 aliphatic heterocycles. The summed E-state index contributed by atoms with van der Waals surface area (Å²) >= 11 is 6.10. The van der Waals surface area contributed by atoms with Crippen LogP contribution in [0.25, 0.3) is 0 Å². The van der Waals surface area contributed by atoms with Gasteiger partial charge in [0, 0.05) is 16.3 Å². The lowest BCUT2D eigenvalue weighted by Crippen LogP contribution is -2.08. The maximum Gasteiger partial charge on any atom is 0.338 e. The van der Waals surface area contributed by atoms with Gasteiger partial charge in [-0.3, -0.25) is 0 Å². The van der Waals surface area contributed by atoms with E-state index in [0.717, 1.165) is 16.7 Å². The van der Waals surface area contributed by atoms with Gasteiger partial charge in [-0.05, 0) is 43.2 Å². The summed E-state index contributed by atoms with van der Waals surface area (Å²) in [6.45, 7) is 3.90. The highest BCUT2D eigenvalue weighted by atomic mass is 35.5. The van der Waals surface area contributed by atoms with Crippen LogP contribution in [0.3, 0.4) is 0 Å². The molecule has 104 valence electrons. The normalized spacial score (nSPS) is 10.3. The molecule has 0 saturated heterocycles. The van der Waals surface area contributed by atoms with Crippen LogP contribution in [0, 0.1) is 13.8 Å². The molecule has 0 fully saturated rings. The van der Waals surface area contributed by atoms with E-state index in [1.165, 1.54) is 0 Å². The number of nitrogens with two attached hydrogens (primary N) is 1. The highest BCUT2D eigenvalue weighted by Gasteiger charge is 2.12. The zero-order valence-corrected chi connectivity index (χ0v) is 12.2. The summed E-state index contributed by atoms with van der Waals surface area (Å²) in [6.07, 6.45) is 0. The Morgan fingerprint density at radius 3 is 2.70 bits per heavy atom. The first-order chi connectivity index (χ1) is 9.49. The molecule has 0 unspecified atom stereocenters. The average Bonchev–Trinajstić information content (AvgIpc) is 2.40. The van der Waals surface area contributed by atoms with Gasteiger partial charge in [0.15, 0.2) is 0 Å². The van der Waals surface area contributed by atoms with E-state index in [1.807, 2.05) is 25.1 Å². The van der Waals surface area contributed by atoms with Crippen molar-refractivity contribution in [2.75, 3.05) is 5.73 Å². The fraction of sp³-hybridized carbons (Fsp3) is 0.188. The van der Waals surface area contributed by atoms with Crippen LogP contribution < -0.4 is 5.73 Å². The van der Waals surface area contributed by atoms with Crippen LogP contribution in [-0.4, -0.2) is 5.97 Å². The van der Waals surface area contributed by atoms with Crippen LogP contribution in [0.15, 0.2) is 36.4 Å². The lowest BCUT2D eigenvalue weighted by Gasteiger charge is -2.10. The van der Waals surface area contributed by atoms with Crippen molar-refractivity contribution in [2.24, 2.45) is 0 Å². The number of aryl methyl sites for hydroxylation is 1. The minimum atomic E-state index is -0.397. The summed E-state index contributed by atoms with van der Waals surface area (Å²) < 4.78 is 5.29. The first-order valence-corrected chi connectivity index (χ1v) is 6.64. The number of rotatable bonds is 3. The Hall–Kier alpha value is -2.00. The highest BCUT2D eigenvalue weighted by molar-refractivity contribution is 6.31. The number of anilines is 1. The number of benzene rings is 2. The topological polar surface area (TPSA) is 52.3 Å². The second-order valence-electron chi connectivity index (χ2n) is 4.69. The Morgan fingerprint density at radius 1 is 1.25 bits per heavy atom. The number of carbonyl (C=O) groups excluding carboxylic acids is 1. The SMILES string of the molecule is Cc1ccc(COC(=O)c2cccc(N)c2C)c(Cl)c1. The molecule has 0 aliphatic rings. The third-order valence-corrected chi connectivity index (χ3v) is 3.51. The summed E-state index contributed by atoms with van der Waals surface area (Å²) in [5, 5.41) is 0.599. The van der Waals surface area contributed by atoms with Crippen molar-refractivity contribution in [2.45, 2.75) is 20.5 Å². The number of esters is 1. The molecule has 0 saturated carbocycles. The fourth-order valence-electron chi connectivity index (χ4n) is 1.87. The van der Waals surface area contributed by atoms with Gasteiger partial charge in [0.1, 0.15) is 6.61 Å². The molecule has 0 radical (unpaired) electrons. The maximum absolute atomic E-state index is 12.0. The van der Waals surface area contributed by atoms with Crippen molar-refractivity contribution in [1.82, 2.24) is 0 Å². The molecule has 0 amide bonds. The van der Waals surface area contributed by atoms with Gasteiger partial charge < -0.3 is 10.5 Å². The molecule has 2 aromatic carbocycles. The van der Waals surface area contributed by atoms with Crippen LogP contribution in [0.5, 0.6) is 0 Å². The minimum Gasteiger partial charge on any atom is -0.457 e. The Kier molecular flexibility index (Phi) is 4.30. The summed E-state index contributed by atoms with van der Waals surface area (Å²) in [6, 6.07) is 10.8. The van der Waals surface area contributed by atoms with E-state index in [-0.39, 0.29) is 6.61 Å². The fourth-order valence-corrected chi connectivity index (χ4v) is 2.15. The molecule has 0 spiro atoms. The van der Waals surface area contributed by atoms with Crippen molar-refractivity contribution in [3.05, 3.63) is 63.7 Å².